The molecule has 0 aliphatic heterocycles. The van der Waals surface area contributed by atoms with Crippen molar-refractivity contribution >= 4 is 11.9 Å². The highest BCUT2D eigenvalue weighted by molar-refractivity contribution is 5.76. The topological polar surface area (TPSA) is 61.8 Å². The highest BCUT2D eigenvalue weighted by Gasteiger charge is 2.36. The fourth-order valence-electron chi connectivity index (χ4n) is 3.40. The van der Waals surface area contributed by atoms with Crippen LogP contribution in [0.25, 0.3) is 0 Å². The van der Waals surface area contributed by atoms with Gasteiger partial charge in [0.25, 0.3) is 0 Å². The van der Waals surface area contributed by atoms with Crippen LogP contribution in [0.1, 0.15) is 120 Å². The SMILES string of the molecule is CCCCCC(C)(C)C(=O)OCC(C)(COCCCC)COC(=O)C(C)(C)CCCCC. The van der Waals surface area contributed by atoms with Crippen molar-refractivity contribution in [2.24, 2.45) is 16.2 Å². The van der Waals surface area contributed by atoms with Gasteiger partial charge in [0.15, 0.2) is 0 Å². The Morgan fingerprint density at radius 2 is 1.00 bits per heavy atom. The summed E-state index contributed by atoms with van der Waals surface area (Å²) in [5, 5.41) is 0. The van der Waals surface area contributed by atoms with E-state index < -0.39 is 16.2 Å². The maximum absolute atomic E-state index is 12.8. The quantitative estimate of drug-likeness (QED) is 0.153. The molecule has 0 bridgehead atoms. The van der Waals surface area contributed by atoms with Crippen LogP contribution in [0.2, 0.25) is 0 Å². The predicted octanol–water partition coefficient (Wildman–Crippen LogP) is 7.11. The lowest BCUT2D eigenvalue weighted by atomic mass is 9.86. The summed E-state index contributed by atoms with van der Waals surface area (Å²) >= 11 is 0. The average Bonchev–Trinajstić information content (AvgIpc) is 2.73. The van der Waals surface area contributed by atoms with Crippen molar-refractivity contribution in [3.05, 3.63) is 0 Å². The lowest BCUT2D eigenvalue weighted by molar-refractivity contribution is -0.167. The summed E-state index contributed by atoms with van der Waals surface area (Å²) in [5.74, 6) is -0.390. The van der Waals surface area contributed by atoms with Gasteiger partial charge in [-0.2, -0.15) is 0 Å². The van der Waals surface area contributed by atoms with E-state index in [0.29, 0.717) is 13.2 Å². The summed E-state index contributed by atoms with van der Waals surface area (Å²) in [5.41, 5.74) is -1.60. The second-order valence-corrected chi connectivity index (χ2v) is 11.1. The van der Waals surface area contributed by atoms with E-state index in [4.69, 9.17) is 14.2 Å². The molecule has 0 radical (unpaired) electrons. The predicted molar refractivity (Wildman–Crippen MR) is 132 cm³/mol. The van der Waals surface area contributed by atoms with Gasteiger partial charge in [-0.1, -0.05) is 72.6 Å². The van der Waals surface area contributed by atoms with Crippen LogP contribution in [0.15, 0.2) is 0 Å². The highest BCUT2D eigenvalue weighted by Crippen LogP contribution is 2.29. The van der Waals surface area contributed by atoms with E-state index in [1.54, 1.807) is 0 Å². The minimum Gasteiger partial charge on any atom is -0.464 e. The number of unbranched alkanes of at least 4 members (excludes halogenated alkanes) is 5. The summed E-state index contributed by atoms with van der Waals surface area (Å²) in [6, 6.07) is 0. The van der Waals surface area contributed by atoms with Gasteiger partial charge < -0.3 is 14.2 Å². The van der Waals surface area contributed by atoms with Crippen LogP contribution < -0.4 is 0 Å². The number of hydrogen-bond acceptors (Lipinski definition) is 5. The number of carbonyl (C=O) groups excluding carboxylic acids is 2. The Labute approximate surface area is 198 Å². The van der Waals surface area contributed by atoms with E-state index in [0.717, 1.165) is 64.2 Å². The zero-order valence-electron chi connectivity index (χ0n) is 22.4. The zero-order chi connectivity index (χ0) is 24.7. The molecule has 0 aliphatic carbocycles. The molecule has 0 saturated heterocycles. The van der Waals surface area contributed by atoms with Crippen molar-refractivity contribution in [2.75, 3.05) is 26.4 Å². The first-order valence-corrected chi connectivity index (χ1v) is 12.9. The second-order valence-electron chi connectivity index (χ2n) is 11.1. The largest absolute Gasteiger partial charge is 0.464 e. The molecule has 0 fully saturated rings. The average molecular weight is 457 g/mol. The third-order valence-corrected chi connectivity index (χ3v) is 6.11. The second kappa shape index (κ2) is 15.7. The monoisotopic (exact) mass is 456 g/mol. The fraction of sp³-hybridized carbons (Fsp3) is 0.926. The molecular weight excluding hydrogens is 404 g/mol. The van der Waals surface area contributed by atoms with E-state index >= 15 is 0 Å². The lowest BCUT2D eigenvalue weighted by Crippen LogP contribution is -2.40. The number of rotatable bonds is 19. The first kappa shape index (κ1) is 30.9. The minimum absolute atomic E-state index is 0.179. The molecule has 5 nitrogen and oxygen atoms in total. The van der Waals surface area contributed by atoms with E-state index in [-0.39, 0.29) is 25.2 Å². The molecular formula is C27H52O5. The van der Waals surface area contributed by atoms with E-state index in [9.17, 15) is 9.59 Å². The van der Waals surface area contributed by atoms with Crippen molar-refractivity contribution in [3.63, 3.8) is 0 Å². The molecule has 32 heavy (non-hydrogen) atoms. The van der Waals surface area contributed by atoms with Gasteiger partial charge in [0.1, 0.15) is 13.2 Å². The standard InChI is InChI=1S/C27H52O5/c1-9-12-15-17-25(4,5)23(28)31-21-27(8,20-30-19-14-11-3)22-32-24(29)26(6,7)18-16-13-10-2/h9-22H2,1-8H3. The van der Waals surface area contributed by atoms with E-state index in [1.807, 2.05) is 34.6 Å². The zero-order valence-corrected chi connectivity index (χ0v) is 22.4. The number of esters is 2. The molecule has 0 atom stereocenters. The smallest absolute Gasteiger partial charge is 0.311 e. The first-order valence-electron chi connectivity index (χ1n) is 12.9. The van der Waals surface area contributed by atoms with Crippen molar-refractivity contribution in [1.29, 1.82) is 0 Å². The van der Waals surface area contributed by atoms with Crippen molar-refractivity contribution in [1.82, 2.24) is 0 Å². The Bertz CT molecular complexity index is 486. The van der Waals surface area contributed by atoms with Gasteiger partial charge in [0.2, 0.25) is 0 Å². The molecule has 190 valence electrons. The molecule has 0 N–H and O–H groups in total. The third kappa shape index (κ3) is 12.8. The van der Waals surface area contributed by atoms with Crippen LogP contribution in [-0.2, 0) is 23.8 Å². The Balaban J connectivity index is 4.97. The molecule has 0 aromatic carbocycles. The Morgan fingerprint density at radius 1 is 0.594 bits per heavy atom. The van der Waals surface area contributed by atoms with E-state index in [1.165, 1.54) is 0 Å². The summed E-state index contributed by atoms with van der Waals surface area (Å²) < 4.78 is 17.3. The molecule has 0 heterocycles. The number of carbonyl (C=O) groups is 2. The van der Waals surface area contributed by atoms with Crippen LogP contribution in [0.4, 0.5) is 0 Å². The van der Waals surface area contributed by atoms with E-state index in [2.05, 4.69) is 20.8 Å². The molecule has 0 aromatic rings. The number of hydrogen-bond donors (Lipinski definition) is 0. The van der Waals surface area contributed by atoms with Crippen molar-refractivity contribution < 1.29 is 23.8 Å². The molecule has 0 saturated carbocycles. The summed E-state index contributed by atoms with van der Waals surface area (Å²) in [4.78, 5) is 25.5. The number of ether oxygens (including phenoxy) is 3. The van der Waals surface area contributed by atoms with Crippen molar-refractivity contribution in [3.8, 4) is 0 Å². The van der Waals surface area contributed by atoms with Gasteiger partial charge in [0, 0.05) is 6.61 Å². The summed E-state index contributed by atoms with van der Waals surface area (Å²) in [6.07, 6.45) is 10.2. The van der Waals surface area contributed by atoms with Gasteiger partial charge >= 0.3 is 11.9 Å². The van der Waals surface area contributed by atoms with Crippen LogP contribution >= 0.6 is 0 Å². The Hall–Kier alpha value is -1.10. The van der Waals surface area contributed by atoms with Gasteiger partial charge in [-0.15, -0.1) is 0 Å². The molecule has 0 amide bonds. The molecule has 0 unspecified atom stereocenters. The normalized spacial score (nSPS) is 12.6. The van der Waals surface area contributed by atoms with Crippen LogP contribution in [0, 0.1) is 16.2 Å². The molecule has 0 aliphatic rings. The summed E-state index contributed by atoms with van der Waals surface area (Å²) in [6.45, 7) is 17.6. The van der Waals surface area contributed by atoms with Crippen LogP contribution in [0.3, 0.4) is 0 Å². The molecule has 0 aromatic heterocycles. The minimum atomic E-state index is -0.571. The van der Waals surface area contributed by atoms with Crippen molar-refractivity contribution in [2.45, 2.75) is 120 Å². The maximum Gasteiger partial charge on any atom is 0.311 e. The maximum atomic E-state index is 12.8. The molecule has 0 spiro atoms. The molecule has 5 heteroatoms. The Morgan fingerprint density at radius 3 is 1.38 bits per heavy atom. The Kier molecular flexibility index (Phi) is 15.1. The highest BCUT2D eigenvalue weighted by atomic mass is 16.6. The fourth-order valence-corrected chi connectivity index (χ4v) is 3.40. The summed E-state index contributed by atoms with van der Waals surface area (Å²) in [7, 11) is 0. The first-order chi connectivity index (χ1) is 14.9. The molecule has 0 rings (SSSR count). The third-order valence-electron chi connectivity index (χ3n) is 6.11. The van der Waals surface area contributed by atoms with Crippen LogP contribution in [0.5, 0.6) is 0 Å². The lowest BCUT2D eigenvalue weighted by Gasteiger charge is -2.32. The van der Waals surface area contributed by atoms with Gasteiger partial charge in [0.05, 0.1) is 22.9 Å². The van der Waals surface area contributed by atoms with Gasteiger partial charge in [-0.05, 0) is 47.0 Å². The van der Waals surface area contributed by atoms with Crippen LogP contribution in [-0.4, -0.2) is 38.4 Å². The van der Waals surface area contributed by atoms with Gasteiger partial charge in [-0.3, -0.25) is 9.59 Å². The van der Waals surface area contributed by atoms with Gasteiger partial charge in [-0.25, -0.2) is 0 Å².